The van der Waals surface area contributed by atoms with E-state index in [2.05, 4.69) is 26.1 Å². The minimum absolute atomic E-state index is 0.230. The smallest absolute Gasteiger partial charge is 0.341 e. The van der Waals surface area contributed by atoms with Crippen molar-refractivity contribution >= 4 is 57.5 Å². The molecule has 1 atom stereocenters. The molecule has 1 amide bonds. The first kappa shape index (κ1) is 23.8. The molecule has 7 heteroatoms. The normalized spacial score (nSPS) is 16.3. The molecule has 1 aromatic carbocycles. The van der Waals surface area contributed by atoms with E-state index in [1.165, 1.54) is 24.5 Å². The summed E-state index contributed by atoms with van der Waals surface area (Å²) in [4.78, 5) is 26.3. The maximum absolute atomic E-state index is 12.6. The van der Waals surface area contributed by atoms with Gasteiger partial charge in [-0.3, -0.25) is 4.79 Å². The van der Waals surface area contributed by atoms with E-state index in [1.54, 1.807) is 24.3 Å². The van der Waals surface area contributed by atoms with Crippen molar-refractivity contribution < 1.29 is 14.3 Å². The minimum atomic E-state index is -0.417. The number of hydrogen-bond acceptors (Lipinski definition) is 4. The van der Waals surface area contributed by atoms with Crippen LogP contribution in [0.5, 0.6) is 0 Å². The Hall–Kier alpha value is -1.82. The Labute approximate surface area is 197 Å². The maximum atomic E-state index is 12.6. The first-order valence-corrected chi connectivity index (χ1v) is 11.9. The first-order valence-electron chi connectivity index (χ1n) is 10.3. The lowest BCUT2D eigenvalue weighted by molar-refractivity contribution is -0.111. The number of esters is 1. The molecule has 31 heavy (non-hydrogen) atoms. The van der Waals surface area contributed by atoms with Crippen LogP contribution in [0.3, 0.4) is 0 Å². The number of ether oxygens (including phenoxy) is 1. The van der Waals surface area contributed by atoms with E-state index in [0.29, 0.717) is 32.1 Å². The summed E-state index contributed by atoms with van der Waals surface area (Å²) in [5.41, 5.74) is 2.29. The van der Waals surface area contributed by atoms with Crippen molar-refractivity contribution in [3.05, 3.63) is 55.9 Å². The van der Waals surface area contributed by atoms with E-state index < -0.39 is 5.97 Å². The molecule has 0 radical (unpaired) electrons. The Morgan fingerprint density at radius 2 is 1.97 bits per heavy atom. The number of fused-ring (bicyclic) bond motifs is 1. The van der Waals surface area contributed by atoms with E-state index in [9.17, 15) is 9.59 Å². The molecule has 2 aromatic rings. The fraction of sp³-hybridized carbons (Fsp3) is 0.417. The third-order valence-corrected chi connectivity index (χ3v) is 8.14. The molecule has 1 N–H and O–H groups in total. The number of carbonyl (C=O) groups is 2. The first-order chi connectivity index (χ1) is 14.7. The van der Waals surface area contributed by atoms with E-state index in [0.717, 1.165) is 36.1 Å². The van der Waals surface area contributed by atoms with Gasteiger partial charge in [0.15, 0.2) is 0 Å². The summed E-state index contributed by atoms with van der Waals surface area (Å²) in [7, 11) is 1.36. The monoisotopic (exact) mass is 479 g/mol. The molecule has 0 bridgehead atoms. The van der Waals surface area contributed by atoms with Gasteiger partial charge in [0, 0.05) is 26.6 Å². The zero-order chi connectivity index (χ0) is 22.8. The largest absolute Gasteiger partial charge is 0.465 e. The molecule has 0 aliphatic heterocycles. The Bertz CT molecular complexity index is 1010. The summed E-state index contributed by atoms with van der Waals surface area (Å²) in [5, 5.41) is 4.32. The van der Waals surface area contributed by atoms with Crippen LogP contribution in [0, 0.1) is 11.3 Å². The number of methoxy groups -OCH3 is 1. The highest BCUT2D eigenvalue weighted by molar-refractivity contribution is 7.17. The van der Waals surface area contributed by atoms with Crippen molar-refractivity contribution in [2.24, 2.45) is 11.3 Å². The molecule has 4 nitrogen and oxygen atoms in total. The van der Waals surface area contributed by atoms with Crippen molar-refractivity contribution in [3.63, 3.8) is 0 Å². The Kier molecular flexibility index (Phi) is 7.51. The molecular formula is C24H27Cl2NO3S. The second kappa shape index (κ2) is 9.76. The highest BCUT2D eigenvalue weighted by atomic mass is 35.5. The Balaban J connectivity index is 1.87. The summed E-state index contributed by atoms with van der Waals surface area (Å²) in [6, 6.07) is 5.16. The summed E-state index contributed by atoms with van der Waals surface area (Å²) in [6.07, 6.45) is 6.78. The lowest BCUT2D eigenvalue weighted by Gasteiger charge is -2.36. The van der Waals surface area contributed by atoms with Crippen LogP contribution >= 0.6 is 34.5 Å². The number of halogens is 2. The molecule has 0 fully saturated rings. The third-order valence-electron chi connectivity index (χ3n) is 6.31. The highest BCUT2D eigenvalue weighted by Crippen LogP contribution is 2.45. The number of benzene rings is 1. The van der Waals surface area contributed by atoms with Gasteiger partial charge in [0.2, 0.25) is 5.91 Å². The van der Waals surface area contributed by atoms with Gasteiger partial charge < -0.3 is 10.1 Å². The number of nitrogens with one attached hydrogen (secondary N) is 1. The van der Waals surface area contributed by atoms with Gasteiger partial charge in [-0.15, -0.1) is 11.3 Å². The quantitative estimate of drug-likeness (QED) is 0.357. The van der Waals surface area contributed by atoms with Gasteiger partial charge in [0.25, 0.3) is 0 Å². The van der Waals surface area contributed by atoms with Crippen molar-refractivity contribution in [1.29, 1.82) is 0 Å². The highest BCUT2D eigenvalue weighted by Gasteiger charge is 2.35. The predicted octanol–water partition coefficient (Wildman–Crippen LogP) is 7.03. The predicted molar refractivity (Wildman–Crippen MR) is 129 cm³/mol. The van der Waals surface area contributed by atoms with Crippen LogP contribution in [0.4, 0.5) is 5.00 Å². The van der Waals surface area contributed by atoms with Gasteiger partial charge in [0.05, 0.1) is 12.7 Å². The van der Waals surface area contributed by atoms with Crippen LogP contribution in [0.1, 0.15) is 60.0 Å². The molecule has 0 saturated carbocycles. The zero-order valence-electron chi connectivity index (χ0n) is 18.2. The van der Waals surface area contributed by atoms with Gasteiger partial charge >= 0.3 is 5.97 Å². The average Bonchev–Trinajstić information content (AvgIpc) is 3.09. The van der Waals surface area contributed by atoms with Crippen molar-refractivity contribution in [2.45, 2.75) is 46.5 Å². The van der Waals surface area contributed by atoms with Crippen LogP contribution in [0.2, 0.25) is 10.0 Å². The van der Waals surface area contributed by atoms with Crippen LogP contribution in [0.15, 0.2) is 24.3 Å². The lowest BCUT2D eigenvalue weighted by Crippen LogP contribution is -2.28. The van der Waals surface area contributed by atoms with Crippen LogP contribution in [-0.4, -0.2) is 19.0 Å². The topological polar surface area (TPSA) is 55.4 Å². The number of anilines is 1. The molecule has 166 valence electrons. The fourth-order valence-electron chi connectivity index (χ4n) is 3.93. The van der Waals surface area contributed by atoms with Gasteiger partial charge in [-0.25, -0.2) is 4.79 Å². The standard InChI is InChI=1S/C24H27Cl2NO3S/c1-5-24(2,3)14-9-10-16-19(13-14)31-22(21(16)23(29)30-4)27-20(28)12-11-15-17(25)7-6-8-18(15)26/h6-8,11-12,14H,5,9-10,13H2,1-4H3,(H,27,28)/b12-11+/t14-/m0/s1. The minimum Gasteiger partial charge on any atom is -0.465 e. The summed E-state index contributed by atoms with van der Waals surface area (Å²) >= 11 is 13.8. The Morgan fingerprint density at radius 1 is 1.29 bits per heavy atom. The summed E-state index contributed by atoms with van der Waals surface area (Å²) < 4.78 is 5.02. The van der Waals surface area contributed by atoms with Gasteiger partial charge in [-0.2, -0.15) is 0 Å². The van der Waals surface area contributed by atoms with E-state index in [4.69, 9.17) is 27.9 Å². The Morgan fingerprint density at radius 3 is 2.58 bits per heavy atom. The molecule has 3 rings (SSSR count). The molecule has 0 spiro atoms. The summed E-state index contributed by atoms with van der Waals surface area (Å²) in [5.74, 6) is -0.232. The number of rotatable bonds is 6. The van der Waals surface area contributed by atoms with Gasteiger partial charge in [0.1, 0.15) is 5.00 Å². The van der Waals surface area contributed by atoms with E-state index in [-0.39, 0.29) is 11.3 Å². The summed E-state index contributed by atoms with van der Waals surface area (Å²) in [6.45, 7) is 6.81. The van der Waals surface area contributed by atoms with E-state index >= 15 is 0 Å². The molecule has 0 unspecified atom stereocenters. The second-order valence-electron chi connectivity index (χ2n) is 8.44. The zero-order valence-corrected chi connectivity index (χ0v) is 20.5. The van der Waals surface area contributed by atoms with Crippen molar-refractivity contribution in [2.75, 3.05) is 12.4 Å². The molecule has 1 heterocycles. The van der Waals surface area contributed by atoms with Gasteiger partial charge in [-0.1, -0.05) is 56.5 Å². The molecule has 1 aromatic heterocycles. The number of hydrogen-bond donors (Lipinski definition) is 1. The number of amides is 1. The lowest BCUT2D eigenvalue weighted by atomic mass is 9.69. The number of carbonyl (C=O) groups excluding carboxylic acids is 2. The molecular weight excluding hydrogens is 453 g/mol. The van der Waals surface area contributed by atoms with Crippen LogP contribution < -0.4 is 5.32 Å². The van der Waals surface area contributed by atoms with Crippen LogP contribution in [-0.2, 0) is 22.4 Å². The van der Waals surface area contributed by atoms with Crippen LogP contribution in [0.25, 0.3) is 6.08 Å². The van der Waals surface area contributed by atoms with Crippen molar-refractivity contribution in [1.82, 2.24) is 0 Å². The SMILES string of the molecule is CCC(C)(C)[C@H]1CCc2c(sc(NC(=O)/C=C/c3c(Cl)cccc3Cl)c2C(=O)OC)C1. The number of thiophene rings is 1. The fourth-order valence-corrected chi connectivity index (χ4v) is 5.77. The molecule has 0 saturated heterocycles. The third kappa shape index (κ3) is 5.16. The molecule has 1 aliphatic carbocycles. The van der Waals surface area contributed by atoms with Crippen molar-refractivity contribution in [3.8, 4) is 0 Å². The second-order valence-corrected chi connectivity index (χ2v) is 10.4. The van der Waals surface area contributed by atoms with E-state index in [1.807, 2.05) is 0 Å². The average molecular weight is 480 g/mol. The van der Waals surface area contributed by atoms with Gasteiger partial charge in [-0.05, 0) is 54.4 Å². The maximum Gasteiger partial charge on any atom is 0.341 e. The molecule has 1 aliphatic rings.